The van der Waals surface area contributed by atoms with Crippen LogP contribution in [0.4, 0.5) is 4.79 Å². The molecule has 0 spiro atoms. The largest absolute Gasteiger partial charge is 0.479 e. The molecule has 2 saturated heterocycles. The van der Waals surface area contributed by atoms with Crippen molar-refractivity contribution in [3.63, 3.8) is 0 Å². The molecule has 3 heterocycles. The third-order valence-corrected chi connectivity index (χ3v) is 9.42. The van der Waals surface area contributed by atoms with Crippen LogP contribution in [0, 0.1) is 11.8 Å². The Morgan fingerprint density at radius 1 is 1.07 bits per heavy atom. The Morgan fingerprint density at radius 2 is 1.83 bits per heavy atom. The molecule has 5 aliphatic rings. The van der Waals surface area contributed by atoms with E-state index in [1.165, 1.54) is 0 Å². The molecule has 0 radical (unpaired) electrons. The van der Waals surface area contributed by atoms with Crippen molar-refractivity contribution in [3.05, 3.63) is 12.2 Å². The predicted molar refractivity (Wildman–Crippen MR) is 155 cm³/mol. The Bertz CT molecular complexity index is 1090. The third-order valence-electron chi connectivity index (χ3n) is 9.42. The lowest BCUT2D eigenvalue weighted by atomic mass is 9.84. The van der Waals surface area contributed by atoms with E-state index in [0.29, 0.717) is 37.6 Å². The smallest absolute Gasteiger partial charge is 0.408 e. The van der Waals surface area contributed by atoms with Gasteiger partial charge in [-0.1, -0.05) is 31.9 Å². The zero-order chi connectivity index (χ0) is 30.2. The number of carboxylic acids is 1. The number of ether oxygens (including phenoxy) is 1. The number of fused-ring (bicyclic) bond motifs is 3. The van der Waals surface area contributed by atoms with Crippen molar-refractivity contribution in [2.75, 3.05) is 6.54 Å². The number of aliphatic carboxylic acids is 1. The number of nitrogens with one attached hydrogen (secondary N) is 4. The summed E-state index contributed by atoms with van der Waals surface area (Å²) < 4.78 is 5.47. The van der Waals surface area contributed by atoms with Crippen LogP contribution < -0.4 is 21.5 Å². The Morgan fingerprint density at radius 3 is 2.57 bits per heavy atom. The number of hydrazine groups is 2. The normalized spacial score (nSPS) is 38.7. The van der Waals surface area contributed by atoms with E-state index in [1.54, 1.807) is 25.7 Å². The van der Waals surface area contributed by atoms with Crippen molar-refractivity contribution in [1.29, 1.82) is 0 Å². The molecule has 12 nitrogen and oxygen atoms in total. The first-order valence-corrected chi connectivity index (χ1v) is 15.7. The van der Waals surface area contributed by atoms with Gasteiger partial charge in [0.1, 0.15) is 23.2 Å². The minimum atomic E-state index is -1.36. The van der Waals surface area contributed by atoms with Crippen molar-refractivity contribution in [3.8, 4) is 0 Å². The molecule has 3 amide bonds. The Kier molecular flexibility index (Phi) is 8.87. The monoisotopic (exact) mass is 588 g/mol. The molecule has 3 unspecified atom stereocenters. The second kappa shape index (κ2) is 12.1. The highest BCUT2D eigenvalue weighted by atomic mass is 16.6. The maximum atomic E-state index is 14.2. The van der Waals surface area contributed by atoms with Crippen molar-refractivity contribution in [1.82, 2.24) is 31.5 Å². The number of allylic oxidation sites excluding steroid dienone is 1. The van der Waals surface area contributed by atoms with Crippen molar-refractivity contribution in [2.24, 2.45) is 11.8 Å². The molecule has 2 saturated carbocycles. The second-order valence-corrected chi connectivity index (χ2v) is 14.0. The minimum Gasteiger partial charge on any atom is -0.479 e. The molecule has 0 aromatic heterocycles. The van der Waals surface area contributed by atoms with Crippen LogP contribution in [0.2, 0.25) is 0 Å². The highest BCUT2D eigenvalue weighted by molar-refractivity contribution is 5.96. The van der Waals surface area contributed by atoms with Crippen LogP contribution >= 0.6 is 0 Å². The lowest BCUT2D eigenvalue weighted by molar-refractivity contribution is -0.145. The maximum absolute atomic E-state index is 14.2. The van der Waals surface area contributed by atoms with Gasteiger partial charge in [-0.15, -0.1) is 0 Å². The maximum Gasteiger partial charge on any atom is 0.408 e. The van der Waals surface area contributed by atoms with Gasteiger partial charge >= 0.3 is 12.1 Å². The van der Waals surface area contributed by atoms with Gasteiger partial charge in [-0.3, -0.25) is 9.59 Å². The molecule has 0 aromatic carbocycles. The van der Waals surface area contributed by atoms with E-state index in [1.807, 2.05) is 17.3 Å². The van der Waals surface area contributed by atoms with Crippen molar-refractivity contribution >= 4 is 23.9 Å². The van der Waals surface area contributed by atoms with Gasteiger partial charge < -0.3 is 25.4 Å². The average Bonchev–Trinajstić information content (AvgIpc) is 3.22. The van der Waals surface area contributed by atoms with Crippen LogP contribution in [0.15, 0.2) is 12.2 Å². The lowest BCUT2D eigenvalue weighted by Crippen LogP contribution is -2.56. The SMILES string of the molecule is CC1CCC2NN([C@H]3C[C@H]4C(=O)N[C@@]5(C(=O)O)C[C@H]5/C=C\CCCCC[C@@H](NC(=O)OC(C)(C)C)C(=O)N4C3)NC2C1. The number of alkyl carbamates (subject to hydrolysis) is 1. The number of carbonyl (C=O) groups is 4. The summed E-state index contributed by atoms with van der Waals surface area (Å²) >= 11 is 0. The van der Waals surface area contributed by atoms with Gasteiger partial charge in [-0.2, -0.15) is 5.12 Å². The zero-order valence-electron chi connectivity index (χ0n) is 25.4. The van der Waals surface area contributed by atoms with E-state index in [0.717, 1.165) is 38.5 Å². The fraction of sp³-hybridized carbons (Fsp3) is 0.800. The number of amides is 3. The van der Waals surface area contributed by atoms with Gasteiger partial charge in [-0.05, 0) is 78.1 Å². The Balaban J connectivity index is 1.39. The molecular formula is C30H48N6O6. The van der Waals surface area contributed by atoms with E-state index < -0.39 is 41.2 Å². The van der Waals surface area contributed by atoms with E-state index in [9.17, 15) is 24.3 Å². The molecule has 12 heteroatoms. The quantitative estimate of drug-likeness (QED) is 0.313. The number of hydrogen-bond acceptors (Lipinski definition) is 8. The standard InChI is InChI=1S/C30H48N6O6/c1-18-12-13-21-23(14-18)34-36(33-21)20-15-24-25(37)32-30(27(39)40)16-19(30)10-8-6-5-7-9-11-22(26(38)35(24)17-20)31-28(41)42-29(2,3)4/h8,10,18-24,33-34H,5-7,9,11-17H2,1-4H3,(H,31,41)(H,32,37)(H,39,40)/b10-8-/t18?,19-,20+,21?,22-,23?,24+,30+/m1/s1. The predicted octanol–water partition coefficient (Wildman–Crippen LogP) is 2.21. The molecular weight excluding hydrogens is 540 g/mol. The van der Waals surface area contributed by atoms with Crippen LogP contribution in [0.25, 0.3) is 0 Å². The summed E-state index contributed by atoms with van der Waals surface area (Å²) in [5.74, 6) is -1.54. The van der Waals surface area contributed by atoms with Crippen LogP contribution in [-0.4, -0.2) is 86.9 Å². The zero-order valence-corrected chi connectivity index (χ0v) is 25.4. The summed E-state index contributed by atoms with van der Waals surface area (Å²) in [4.78, 5) is 54.6. The van der Waals surface area contributed by atoms with Gasteiger partial charge in [0.05, 0.1) is 6.04 Å². The Labute approximate surface area is 248 Å². The van der Waals surface area contributed by atoms with E-state index >= 15 is 0 Å². The molecule has 3 aliphatic heterocycles. The molecule has 8 atom stereocenters. The summed E-state index contributed by atoms with van der Waals surface area (Å²) in [5, 5.41) is 17.7. The van der Waals surface area contributed by atoms with E-state index in [4.69, 9.17) is 4.74 Å². The van der Waals surface area contributed by atoms with E-state index in [-0.39, 0.29) is 30.5 Å². The van der Waals surface area contributed by atoms with Gasteiger partial charge in [0.2, 0.25) is 11.8 Å². The fourth-order valence-corrected chi connectivity index (χ4v) is 7.00. The third kappa shape index (κ3) is 6.75. The summed E-state index contributed by atoms with van der Waals surface area (Å²) in [6, 6.07) is -1.36. The summed E-state index contributed by atoms with van der Waals surface area (Å²) in [7, 11) is 0. The number of nitrogens with zero attached hydrogens (tertiary/aromatic N) is 2. The molecule has 5 rings (SSSR count). The molecule has 5 N–H and O–H groups in total. The van der Waals surface area contributed by atoms with Gasteiger partial charge in [0, 0.05) is 24.5 Å². The van der Waals surface area contributed by atoms with E-state index in [2.05, 4.69) is 28.4 Å². The fourth-order valence-electron chi connectivity index (χ4n) is 7.00. The topological polar surface area (TPSA) is 152 Å². The summed E-state index contributed by atoms with van der Waals surface area (Å²) in [6.07, 6.45) is 10.8. The summed E-state index contributed by atoms with van der Waals surface area (Å²) in [5.41, 5.74) is 5.06. The molecule has 2 aliphatic carbocycles. The lowest BCUT2D eigenvalue weighted by Gasteiger charge is -2.30. The Hall–Kier alpha value is -2.70. The first kappa shape index (κ1) is 30.7. The first-order valence-electron chi connectivity index (χ1n) is 15.7. The number of carbonyl (C=O) groups excluding carboxylic acids is 3. The van der Waals surface area contributed by atoms with Crippen LogP contribution in [0.3, 0.4) is 0 Å². The van der Waals surface area contributed by atoms with Crippen LogP contribution in [0.5, 0.6) is 0 Å². The molecule has 4 fully saturated rings. The molecule has 0 bridgehead atoms. The van der Waals surface area contributed by atoms with Gasteiger partial charge in [-0.25, -0.2) is 20.4 Å². The van der Waals surface area contributed by atoms with Crippen molar-refractivity contribution < 1.29 is 29.0 Å². The summed E-state index contributed by atoms with van der Waals surface area (Å²) in [6.45, 7) is 7.82. The van der Waals surface area contributed by atoms with Crippen LogP contribution in [0.1, 0.15) is 91.9 Å². The van der Waals surface area contributed by atoms with Crippen LogP contribution in [-0.2, 0) is 19.1 Å². The minimum absolute atomic E-state index is 0.206. The average molecular weight is 589 g/mol. The second-order valence-electron chi connectivity index (χ2n) is 14.0. The highest BCUT2D eigenvalue weighted by Crippen LogP contribution is 2.45. The van der Waals surface area contributed by atoms with Crippen molar-refractivity contribution in [2.45, 2.75) is 133 Å². The van der Waals surface area contributed by atoms with Gasteiger partial charge in [0.15, 0.2) is 0 Å². The number of rotatable bonds is 3. The highest BCUT2D eigenvalue weighted by Gasteiger charge is 2.61. The molecule has 0 aromatic rings. The van der Waals surface area contributed by atoms with Gasteiger partial charge in [0.25, 0.3) is 0 Å². The first-order chi connectivity index (χ1) is 19.9. The molecule has 234 valence electrons. The number of hydrogen-bond donors (Lipinski definition) is 5. The molecule has 42 heavy (non-hydrogen) atoms. The number of carboxylic acid groups (broad SMARTS) is 1.